The monoisotopic (exact) mass is 151 g/mol. The van der Waals surface area contributed by atoms with Gasteiger partial charge in [0.1, 0.15) is 11.5 Å². The van der Waals surface area contributed by atoms with Gasteiger partial charge in [-0.25, -0.2) is 0 Å². The predicted molar refractivity (Wildman–Crippen MR) is 38.3 cm³/mol. The fraction of sp³-hybridized carbons (Fsp3) is 0.429. The van der Waals surface area contributed by atoms with Gasteiger partial charge in [0.05, 0.1) is 6.54 Å². The number of hydrogen-bond acceptors (Lipinski definition) is 4. The van der Waals surface area contributed by atoms with Crippen molar-refractivity contribution < 1.29 is 4.52 Å². The summed E-state index contributed by atoms with van der Waals surface area (Å²) in [6.07, 6.45) is 1.97. The van der Waals surface area contributed by atoms with Crippen molar-refractivity contribution in [2.75, 3.05) is 7.05 Å². The second-order valence-electron chi connectivity index (χ2n) is 2.38. The van der Waals surface area contributed by atoms with Gasteiger partial charge < -0.3 is 9.42 Å². The molecule has 1 rings (SSSR count). The zero-order valence-electron chi connectivity index (χ0n) is 6.53. The molecule has 0 fully saturated rings. The van der Waals surface area contributed by atoms with Crippen LogP contribution in [0.15, 0.2) is 10.6 Å². The minimum Gasteiger partial charge on any atom is -0.361 e. The highest BCUT2D eigenvalue weighted by Gasteiger charge is 2.01. The van der Waals surface area contributed by atoms with E-state index >= 15 is 0 Å². The predicted octanol–water partition coefficient (Wildman–Crippen LogP) is 0.896. The van der Waals surface area contributed by atoms with E-state index < -0.39 is 0 Å². The lowest BCUT2D eigenvalue weighted by Gasteiger charge is -2.02. The third-order valence-corrected chi connectivity index (χ3v) is 1.25. The molecule has 0 radical (unpaired) electrons. The van der Waals surface area contributed by atoms with E-state index in [9.17, 15) is 0 Å². The highest BCUT2D eigenvalue weighted by molar-refractivity contribution is 5.03. The lowest BCUT2D eigenvalue weighted by atomic mass is 10.4. The van der Waals surface area contributed by atoms with Crippen LogP contribution in [0, 0.1) is 18.4 Å². The Kier molecular flexibility index (Phi) is 2.12. The van der Waals surface area contributed by atoms with Crippen molar-refractivity contribution in [3.63, 3.8) is 0 Å². The van der Waals surface area contributed by atoms with E-state index in [0.717, 1.165) is 11.5 Å². The molecule has 0 aromatic carbocycles. The number of hydrogen-bond donors (Lipinski definition) is 0. The normalized spacial score (nSPS) is 9.18. The van der Waals surface area contributed by atoms with Gasteiger partial charge in [0.2, 0.25) is 0 Å². The van der Waals surface area contributed by atoms with Crippen LogP contribution in [-0.2, 0) is 6.54 Å². The second-order valence-corrected chi connectivity index (χ2v) is 2.38. The Balaban J connectivity index is 2.59. The van der Waals surface area contributed by atoms with Crippen molar-refractivity contribution in [1.29, 1.82) is 5.26 Å². The molecule has 0 aliphatic carbocycles. The summed E-state index contributed by atoms with van der Waals surface area (Å²) in [5.74, 6) is 0.770. The molecule has 0 atom stereocenters. The van der Waals surface area contributed by atoms with Crippen LogP contribution < -0.4 is 0 Å². The number of nitrogens with zero attached hydrogens (tertiary/aromatic N) is 3. The first-order valence-electron chi connectivity index (χ1n) is 3.25. The molecule has 1 aromatic rings. The molecule has 1 heterocycles. The maximum Gasteiger partial charge on any atom is 0.179 e. The first-order valence-corrected chi connectivity index (χ1v) is 3.25. The lowest BCUT2D eigenvalue weighted by Crippen LogP contribution is -2.09. The average molecular weight is 151 g/mol. The van der Waals surface area contributed by atoms with Gasteiger partial charge in [-0.05, 0) is 6.92 Å². The van der Waals surface area contributed by atoms with Gasteiger partial charge in [0, 0.05) is 13.1 Å². The molecule has 1 aromatic heterocycles. The van der Waals surface area contributed by atoms with E-state index in [1.165, 1.54) is 4.90 Å². The van der Waals surface area contributed by atoms with Gasteiger partial charge in [-0.2, -0.15) is 5.26 Å². The highest BCUT2D eigenvalue weighted by Crippen LogP contribution is 2.02. The Hall–Kier alpha value is -1.50. The van der Waals surface area contributed by atoms with E-state index in [4.69, 9.17) is 9.78 Å². The number of rotatable bonds is 2. The minimum atomic E-state index is 0.508. The van der Waals surface area contributed by atoms with Crippen molar-refractivity contribution in [3.8, 4) is 6.19 Å². The van der Waals surface area contributed by atoms with Crippen LogP contribution in [0.3, 0.4) is 0 Å². The Morgan fingerprint density at radius 1 is 1.82 bits per heavy atom. The number of aromatic nitrogens is 1. The molecule has 0 saturated carbocycles. The molecular formula is C7H9N3O. The van der Waals surface area contributed by atoms with Crippen molar-refractivity contribution >= 4 is 0 Å². The fourth-order valence-electron chi connectivity index (χ4n) is 0.771. The number of aryl methyl sites for hydroxylation is 1. The zero-order chi connectivity index (χ0) is 8.27. The topological polar surface area (TPSA) is 53.1 Å². The third-order valence-electron chi connectivity index (χ3n) is 1.25. The van der Waals surface area contributed by atoms with E-state index in [1.807, 2.05) is 19.2 Å². The summed E-state index contributed by atoms with van der Waals surface area (Å²) in [4.78, 5) is 1.48. The Morgan fingerprint density at radius 3 is 3.00 bits per heavy atom. The maximum absolute atomic E-state index is 8.42. The minimum absolute atomic E-state index is 0.508. The van der Waals surface area contributed by atoms with E-state index in [2.05, 4.69) is 5.16 Å². The molecule has 11 heavy (non-hydrogen) atoms. The first kappa shape index (κ1) is 7.61. The molecule has 4 nitrogen and oxygen atoms in total. The molecule has 0 saturated heterocycles. The Labute approximate surface area is 65.0 Å². The summed E-state index contributed by atoms with van der Waals surface area (Å²) in [5, 5.41) is 12.2. The van der Waals surface area contributed by atoms with E-state index in [0.29, 0.717) is 6.54 Å². The largest absolute Gasteiger partial charge is 0.361 e. The van der Waals surface area contributed by atoms with E-state index in [-0.39, 0.29) is 0 Å². The van der Waals surface area contributed by atoms with Crippen LogP contribution in [0.4, 0.5) is 0 Å². The third kappa shape index (κ3) is 1.97. The maximum atomic E-state index is 8.42. The van der Waals surface area contributed by atoms with Crippen molar-refractivity contribution in [1.82, 2.24) is 10.1 Å². The Morgan fingerprint density at radius 2 is 2.55 bits per heavy atom. The van der Waals surface area contributed by atoms with Crippen LogP contribution in [0.1, 0.15) is 11.5 Å². The zero-order valence-corrected chi connectivity index (χ0v) is 6.53. The highest BCUT2D eigenvalue weighted by atomic mass is 16.5. The van der Waals surface area contributed by atoms with Crippen molar-refractivity contribution in [2.45, 2.75) is 13.5 Å². The molecule has 0 aliphatic rings. The summed E-state index contributed by atoms with van der Waals surface area (Å²) in [5.41, 5.74) is 0.784. The summed E-state index contributed by atoms with van der Waals surface area (Å²) < 4.78 is 4.82. The van der Waals surface area contributed by atoms with Gasteiger partial charge in [-0.15, -0.1) is 0 Å². The molecule has 0 spiro atoms. The summed E-state index contributed by atoms with van der Waals surface area (Å²) in [7, 11) is 1.70. The van der Waals surface area contributed by atoms with Crippen LogP contribution in [0.25, 0.3) is 0 Å². The first-order chi connectivity index (χ1) is 5.22. The van der Waals surface area contributed by atoms with Gasteiger partial charge in [-0.1, -0.05) is 5.16 Å². The molecule has 0 amide bonds. The molecule has 58 valence electrons. The van der Waals surface area contributed by atoms with Crippen LogP contribution in [0.2, 0.25) is 0 Å². The van der Waals surface area contributed by atoms with Crippen molar-refractivity contribution in [2.24, 2.45) is 0 Å². The molecule has 0 aliphatic heterocycles. The van der Waals surface area contributed by atoms with Gasteiger partial charge >= 0.3 is 0 Å². The molecule has 0 bridgehead atoms. The standard InChI is InChI=1S/C7H9N3O/c1-6-3-7(9-11-6)4-10(2)5-8/h3H,4H2,1-2H3. The second kappa shape index (κ2) is 3.06. The number of nitriles is 1. The van der Waals surface area contributed by atoms with Crippen LogP contribution >= 0.6 is 0 Å². The fourth-order valence-corrected chi connectivity index (χ4v) is 0.771. The van der Waals surface area contributed by atoms with Gasteiger partial charge in [-0.3, -0.25) is 0 Å². The molecule has 0 unspecified atom stereocenters. The summed E-state index contributed by atoms with van der Waals surface area (Å²) in [6, 6.07) is 1.81. The Bertz CT molecular complexity index is 273. The SMILES string of the molecule is Cc1cc(CN(C)C#N)no1. The van der Waals surface area contributed by atoms with Crippen molar-refractivity contribution in [3.05, 3.63) is 17.5 Å². The summed E-state index contributed by atoms with van der Waals surface area (Å²) in [6.45, 7) is 2.33. The average Bonchev–Trinajstić information content (AvgIpc) is 2.35. The van der Waals surface area contributed by atoms with Crippen LogP contribution in [-0.4, -0.2) is 17.1 Å². The molecular weight excluding hydrogens is 142 g/mol. The molecule has 0 N–H and O–H groups in total. The van der Waals surface area contributed by atoms with Gasteiger partial charge in [0.15, 0.2) is 6.19 Å². The van der Waals surface area contributed by atoms with E-state index in [1.54, 1.807) is 7.05 Å². The lowest BCUT2D eigenvalue weighted by molar-refractivity contribution is 0.374. The quantitative estimate of drug-likeness (QED) is 0.465. The van der Waals surface area contributed by atoms with Crippen LogP contribution in [0.5, 0.6) is 0 Å². The summed E-state index contributed by atoms with van der Waals surface area (Å²) >= 11 is 0. The van der Waals surface area contributed by atoms with Gasteiger partial charge in [0.25, 0.3) is 0 Å². The molecule has 4 heteroatoms. The smallest absolute Gasteiger partial charge is 0.179 e.